The predicted octanol–water partition coefficient (Wildman–Crippen LogP) is 7.30. The molecule has 3 aromatic carbocycles. The summed E-state index contributed by atoms with van der Waals surface area (Å²) in [5, 5.41) is 8.16. The van der Waals surface area contributed by atoms with Crippen LogP contribution in [0.15, 0.2) is 118 Å². The van der Waals surface area contributed by atoms with E-state index in [-0.39, 0.29) is 24.1 Å². The van der Waals surface area contributed by atoms with E-state index in [1.807, 2.05) is 36.4 Å². The molecule has 1 aliphatic rings. The van der Waals surface area contributed by atoms with Crippen molar-refractivity contribution in [2.24, 2.45) is 0 Å². The third kappa shape index (κ3) is 9.12. The summed E-state index contributed by atoms with van der Waals surface area (Å²) in [6.07, 6.45) is 3.38. The Bertz CT molecular complexity index is 2150. The number of esters is 1. The summed E-state index contributed by atoms with van der Waals surface area (Å²) in [6.45, 7) is 4.22. The molecule has 3 heterocycles. The van der Waals surface area contributed by atoms with Gasteiger partial charge in [0.2, 0.25) is 11.8 Å². The standard InChI is InChI=1S/C40H36N4O7S2/c1-3-50-40(49)34-31-19-20-44(25(2)45)24-33(31)53-39(34)43-38(48)35(26-12-6-4-7-13-26)52-30-18-10-16-28(22-30)41-37(47)32(23-29-17-11-21-51-29)42-36(46)27-14-8-5-9-15-27/h4-18,21-23,35H,3,19-20,24H2,1-2H3,(H,41,47)(H,42,46)(H,43,48)/b32-23-. The minimum atomic E-state index is -0.760. The number of rotatable bonds is 12. The fourth-order valence-electron chi connectivity index (χ4n) is 5.70. The van der Waals surface area contributed by atoms with Crippen molar-refractivity contribution in [3.8, 4) is 0 Å². The highest BCUT2D eigenvalue weighted by molar-refractivity contribution is 8.00. The first-order valence-corrected chi connectivity index (χ1v) is 18.5. The van der Waals surface area contributed by atoms with Crippen molar-refractivity contribution in [3.63, 3.8) is 0 Å². The molecule has 13 heteroatoms. The van der Waals surface area contributed by atoms with Crippen LogP contribution in [0.1, 0.15) is 61.6 Å². The molecule has 6 rings (SSSR count). The molecule has 0 bridgehead atoms. The van der Waals surface area contributed by atoms with Gasteiger partial charge in [0, 0.05) is 40.6 Å². The van der Waals surface area contributed by atoms with Crippen LogP contribution < -0.4 is 16.0 Å². The van der Waals surface area contributed by atoms with Crippen molar-refractivity contribution < 1.29 is 33.1 Å². The first-order valence-electron chi connectivity index (χ1n) is 16.8. The van der Waals surface area contributed by atoms with E-state index in [1.54, 1.807) is 72.5 Å². The second-order valence-corrected chi connectivity index (χ2v) is 14.2. The van der Waals surface area contributed by atoms with Crippen LogP contribution in [-0.2, 0) is 32.1 Å². The lowest BCUT2D eigenvalue weighted by atomic mass is 10.0. The van der Waals surface area contributed by atoms with Gasteiger partial charge in [0.1, 0.15) is 21.7 Å². The number of carbonyl (C=O) groups excluding carboxylic acids is 5. The summed E-state index contributed by atoms with van der Waals surface area (Å²) in [7, 11) is 0. The zero-order chi connectivity index (χ0) is 37.3. The molecule has 3 N–H and O–H groups in total. The molecule has 1 atom stereocenters. The number of nitrogens with one attached hydrogen (secondary N) is 3. The van der Waals surface area contributed by atoms with Crippen molar-refractivity contribution in [3.05, 3.63) is 142 Å². The van der Waals surface area contributed by atoms with E-state index < -0.39 is 23.0 Å². The zero-order valence-corrected chi connectivity index (χ0v) is 30.6. The second-order valence-electron chi connectivity index (χ2n) is 11.9. The minimum absolute atomic E-state index is 0.0316. The van der Waals surface area contributed by atoms with Gasteiger partial charge in [-0.1, -0.05) is 54.6 Å². The van der Waals surface area contributed by atoms with Crippen LogP contribution in [0.2, 0.25) is 0 Å². The number of amides is 4. The van der Waals surface area contributed by atoms with Gasteiger partial charge in [-0.25, -0.2) is 4.79 Å². The molecule has 0 saturated heterocycles. The molecule has 0 aliphatic carbocycles. The molecular formula is C40H36N4O7S2. The van der Waals surface area contributed by atoms with E-state index in [9.17, 15) is 24.0 Å². The maximum Gasteiger partial charge on any atom is 0.341 e. The molecule has 11 nitrogen and oxygen atoms in total. The average molecular weight is 749 g/mol. The Morgan fingerprint density at radius 2 is 1.70 bits per heavy atom. The molecule has 1 unspecified atom stereocenters. The average Bonchev–Trinajstić information content (AvgIpc) is 3.81. The summed E-state index contributed by atoms with van der Waals surface area (Å²) in [5.74, 6) is -1.62. The van der Waals surface area contributed by atoms with Crippen molar-refractivity contribution in [1.82, 2.24) is 10.2 Å². The van der Waals surface area contributed by atoms with Gasteiger partial charge >= 0.3 is 5.97 Å². The Morgan fingerprint density at radius 3 is 2.40 bits per heavy atom. The third-order valence-electron chi connectivity index (χ3n) is 8.26. The molecule has 0 saturated carbocycles. The number of thioether (sulfide) groups is 1. The summed E-state index contributed by atoms with van der Waals surface area (Å²) < 4.78 is 10.8. The molecule has 0 fully saturated rings. The van der Waals surface area contributed by atoms with E-state index in [1.165, 1.54) is 42.4 Å². The van der Waals surface area contributed by atoms with Crippen LogP contribution in [0.5, 0.6) is 0 Å². The number of benzene rings is 3. The van der Waals surface area contributed by atoms with Crippen LogP contribution in [0.4, 0.5) is 10.7 Å². The highest BCUT2D eigenvalue weighted by Gasteiger charge is 2.32. The number of carbonyl (C=O) groups is 5. The summed E-state index contributed by atoms with van der Waals surface area (Å²) >= 11 is 2.54. The maximum absolute atomic E-state index is 14.2. The van der Waals surface area contributed by atoms with E-state index >= 15 is 0 Å². The molecule has 2 aromatic heterocycles. The maximum atomic E-state index is 14.2. The van der Waals surface area contributed by atoms with Gasteiger partial charge < -0.3 is 30.0 Å². The topological polar surface area (TPSA) is 147 Å². The monoisotopic (exact) mass is 748 g/mol. The Kier molecular flexibility index (Phi) is 11.9. The molecule has 270 valence electrons. The predicted molar refractivity (Wildman–Crippen MR) is 204 cm³/mol. The van der Waals surface area contributed by atoms with Crippen molar-refractivity contribution in [2.45, 2.75) is 37.0 Å². The quantitative estimate of drug-likeness (QED) is 0.0685. The van der Waals surface area contributed by atoms with Crippen LogP contribution >= 0.6 is 23.1 Å². The number of hydrogen-bond acceptors (Lipinski definition) is 9. The summed E-state index contributed by atoms with van der Waals surface area (Å²) in [5.41, 5.74) is 2.60. The molecule has 4 amide bonds. The van der Waals surface area contributed by atoms with Crippen molar-refractivity contribution in [1.29, 1.82) is 0 Å². The Hall–Kier alpha value is -5.92. The number of ether oxygens (including phenoxy) is 1. The van der Waals surface area contributed by atoms with Gasteiger partial charge in [-0.2, -0.15) is 0 Å². The van der Waals surface area contributed by atoms with Crippen LogP contribution in [0, 0.1) is 0 Å². The molecule has 0 radical (unpaired) electrons. The molecule has 1 aliphatic heterocycles. The number of nitrogens with zero attached hydrogens (tertiary/aromatic N) is 1. The number of anilines is 2. The van der Waals surface area contributed by atoms with Crippen molar-refractivity contribution in [2.75, 3.05) is 23.8 Å². The second kappa shape index (κ2) is 17.1. The minimum Gasteiger partial charge on any atom is -0.465 e. The normalized spacial score (nSPS) is 13.0. The Morgan fingerprint density at radius 1 is 0.943 bits per heavy atom. The van der Waals surface area contributed by atoms with Gasteiger partial charge in [-0.15, -0.1) is 23.1 Å². The number of fused-ring (bicyclic) bond motifs is 1. The largest absolute Gasteiger partial charge is 0.465 e. The Labute approximate surface area is 314 Å². The first kappa shape index (κ1) is 36.9. The lowest BCUT2D eigenvalue weighted by molar-refractivity contribution is -0.129. The smallest absolute Gasteiger partial charge is 0.341 e. The van der Waals surface area contributed by atoms with Crippen molar-refractivity contribution >= 4 is 69.5 Å². The van der Waals surface area contributed by atoms with Gasteiger partial charge in [-0.3, -0.25) is 19.2 Å². The SMILES string of the molecule is CCOC(=O)c1c(NC(=O)C(Sc2cccc(NC(=O)/C(=C/c3ccco3)NC(=O)c3ccccc3)c2)c2ccccc2)sc2c1CCN(C(C)=O)C2. The van der Waals surface area contributed by atoms with Gasteiger partial charge in [-0.05, 0) is 66.9 Å². The highest BCUT2D eigenvalue weighted by atomic mass is 32.2. The van der Waals surface area contributed by atoms with Crippen LogP contribution in [0.3, 0.4) is 0 Å². The van der Waals surface area contributed by atoms with Gasteiger partial charge in [0.05, 0.1) is 25.0 Å². The number of thiophene rings is 1. The van der Waals surface area contributed by atoms with E-state index in [2.05, 4.69) is 16.0 Å². The Balaban J connectivity index is 1.24. The summed E-state index contributed by atoms with van der Waals surface area (Å²) in [6, 6.07) is 28.1. The van der Waals surface area contributed by atoms with E-state index in [0.717, 1.165) is 16.0 Å². The van der Waals surface area contributed by atoms with E-state index in [4.69, 9.17) is 9.15 Å². The number of furan rings is 1. The molecule has 53 heavy (non-hydrogen) atoms. The fourth-order valence-corrected chi connectivity index (χ4v) is 8.04. The van der Waals surface area contributed by atoms with Crippen LogP contribution in [-0.4, -0.2) is 47.6 Å². The van der Waals surface area contributed by atoms with E-state index in [0.29, 0.717) is 52.0 Å². The first-order chi connectivity index (χ1) is 25.7. The molecule has 5 aromatic rings. The highest BCUT2D eigenvalue weighted by Crippen LogP contribution is 2.41. The lowest BCUT2D eigenvalue weighted by Gasteiger charge is -2.25. The fraction of sp³-hybridized carbons (Fsp3) is 0.175. The number of hydrogen-bond donors (Lipinski definition) is 3. The molecular weight excluding hydrogens is 713 g/mol. The van der Waals surface area contributed by atoms with Crippen LogP contribution in [0.25, 0.3) is 6.08 Å². The third-order valence-corrected chi connectivity index (χ3v) is 10.6. The van der Waals surface area contributed by atoms with Gasteiger partial charge in [0.15, 0.2) is 0 Å². The molecule has 0 spiro atoms. The summed E-state index contributed by atoms with van der Waals surface area (Å²) in [4.78, 5) is 69.3. The lowest BCUT2D eigenvalue weighted by Crippen LogP contribution is -2.34. The van der Waals surface area contributed by atoms with Gasteiger partial charge in [0.25, 0.3) is 11.8 Å². The zero-order valence-electron chi connectivity index (χ0n) is 28.9.